The highest BCUT2D eigenvalue weighted by molar-refractivity contribution is 7.09. The summed E-state index contributed by atoms with van der Waals surface area (Å²) in [4.78, 5) is 9.04. The van der Waals surface area contributed by atoms with Crippen molar-refractivity contribution in [1.82, 2.24) is 15.6 Å². The van der Waals surface area contributed by atoms with E-state index in [4.69, 9.17) is 9.72 Å². The number of hydrogen-bond acceptors (Lipinski definition) is 4. The van der Waals surface area contributed by atoms with Gasteiger partial charge in [0, 0.05) is 36.4 Å². The number of rotatable bonds is 4. The Morgan fingerprint density at radius 3 is 2.65 bits per heavy atom. The van der Waals surface area contributed by atoms with Crippen molar-refractivity contribution in [2.75, 3.05) is 14.2 Å². The van der Waals surface area contributed by atoms with Gasteiger partial charge >= 0.3 is 0 Å². The highest BCUT2D eigenvalue weighted by Gasteiger charge is 2.48. The van der Waals surface area contributed by atoms with Crippen molar-refractivity contribution >= 4 is 17.3 Å². The van der Waals surface area contributed by atoms with Gasteiger partial charge in [-0.15, -0.1) is 11.3 Å². The summed E-state index contributed by atoms with van der Waals surface area (Å²) in [7, 11) is 3.59. The number of guanidine groups is 1. The van der Waals surface area contributed by atoms with Crippen LogP contribution in [-0.4, -0.2) is 37.2 Å². The number of nitrogens with one attached hydrogen (secondary N) is 2. The topological polar surface area (TPSA) is 58.5 Å². The van der Waals surface area contributed by atoms with Gasteiger partial charge in [-0.2, -0.15) is 0 Å². The molecule has 1 saturated carbocycles. The van der Waals surface area contributed by atoms with Gasteiger partial charge in [-0.25, -0.2) is 4.98 Å². The van der Waals surface area contributed by atoms with E-state index in [2.05, 4.69) is 55.6 Å². The maximum atomic E-state index is 5.50. The molecule has 23 heavy (non-hydrogen) atoms. The minimum Gasteiger partial charge on any atom is -0.381 e. The van der Waals surface area contributed by atoms with Crippen molar-refractivity contribution in [3.8, 4) is 0 Å². The second kappa shape index (κ2) is 6.77. The summed E-state index contributed by atoms with van der Waals surface area (Å²) in [5, 5.41) is 10.1. The van der Waals surface area contributed by atoms with Crippen molar-refractivity contribution in [3.63, 3.8) is 0 Å². The highest BCUT2D eigenvalue weighted by Crippen LogP contribution is 2.42. The van der Waals surface area contributed by atoms with E-state index in [0.717, 1.165) is 23.1 Å². The molecule has 0 spiro atoms. The smallest absolute Gasteiger partial charge is 0.191 e. The van der Waals surface area contributed by atoms with Gasteiger partial charge in [0.15, 0.2) is 5.96 Å². The third-order valence-electron chi connectivity index (χ3n) is 4.72. The van der Waals surface area contributed by atoms with Gasteiger partial charge < -0.3 is 15.4 Å². The Balaban J connectivity index is 1.88. The Labute approximate surface area is 144 Å². The lowest BCUT2D eigenvalue weighted by molar-refractivity contribution is -0.0922. The SMILES string of the molecule is CN=C(NCc1nc(C(C)(C)C)cs1)NC1CC(OC)C1(C)C. The maximum Gasteiger partial charge on any atom is 0.191 e. The summed E-state index contributed by atoms with van der Waals surface area (Å²) in [6.07, 6.45) is 1.32. The number of ether oxygens (including phenoxy) is 1. The molecule has 0 aromatic carbocycles. The molecule has 0 radical (unpaired) electrons. The van der Waals surface area contributed by atoms with Crippen LogP contribution in [0.1, 0.15) is 51.7 Å². The van der Waals surface area contributed by atoms with Crippen LogP contribution in [0.4, 0.5) is 0 Å². The summed E-state index contributed by atoms with van der Waals surface area (Å²) >= 11 is 1.69. The predicted octanol–water partition coefficient (Wildman–Crippen LogP) is 2.92. The number of thiazole rings is 1. The molecule has 0 bridgehead atoms. The van der Waals surface area contributed by atoms with E-state index in [9.17, 15) is 0 Å². The first-order valence-electron chi connectivity index (χ1n) is 8.13. The molecule has 0 saturated heterocycles. The zero-order chi connectivity index (χ0) is 17.3. The zero-order valence-corrected chi connectivity index (χ0v) is 16.2. The fraction of sp³-hybridized carbons (Fsp3) is 0.765. The van der Waals surface area contributed by atoms with E-state index in [1.54, 1.807) is 25.5 Å². The van der Waals surface area contributed by atoms with Gasteiger partial charge in [0.1, 0.15) is 5.01 Å². The Hall–Kier alpha value is -1.14. The van der Waals surface area contributed by atoms with Crippen LogP contribution < -0.4 is 10.6 Å². The average Bonchev–Trinajstić information content (AvgIpc) is 2.95. The molecule has 0 aliphatic heterocycles. The van der Waals surface area contributed by atoms with Crippen LogP contribution in [0.3, 0.4) is 0 Å². The fourth-order valence-corrected chi connectivity index (χ4v) is 3.75. The first-order valence-corrected chi connectivity index (χ1v) is 9.01. The number of aromatic nitrogens is 1. The van der Waals surface area contributed by atoms with Gasteiger partial charge in [-0.1, -0.05) is 34.6 Å². The Morgan fingerprint density at radius 2 is 2.17 bits per heavy atom. The van der Waals surface area contributed by atoms with E-state index in [-0.39, 0.29) is 10.8 Å². The molecule has 6 heteroatoms. The van der Waals surface area contributed by atoms with Crippen LogP contribution in [0.15, 0.2) is 10.4 Å². The van der Waals surface area contributed by atoms with Crippen LogP contribution in [0, 0.1) is 5.41 Å². The molecule has 1 fully saturated rings. The largest absolute Gasteiger partial charge is 0.381 e. The van der Waals surface area contributed by atoms with Crippen molar-refractivity contribution in [2.24, 2.45) is 10.4 Å². The fourth-order valence-electron chi connectivity index (χ4n) is 2.79. The van der Waals surface area contributed by atoms with E-state index < -0.39 is 0 Å². The second-order valence-electron chi connectivity index (χ2n) is 7.78. The second-order valence-corrected chi connectivity index (χ2v) is 8.72. The first-order chi connectivity index (χ1) is 10.7. The molecule has 2 rings (SSSR count). The number of aliphatic imine (C=N–C) groups is 1. The minimum atomic E-state index is 0.0970. The third kappa shape index (κ3) is 4.04. The van der Waals surface area contributed by atoms with E-state index in [1.165, 1.54) is 0 Å². The Kier molecular flexibility index (Phi) is 5.36. The Morgan fingerprint density at radius 1 is 1.48 bits per heavy atom. The number of nitrogens with zero attached hydrogens (tertiary/aromatic N) is 2. The van der Waals surface area contributed by atoms with Crippen molar-refractivity contribution < 1.29 is 4.74 Å². The summed E-state index contributed by atoms with van der Waals surface area (Å²) < 4.78 is 5.50. The summed E-state index contributed by atoms with van der Waals surface area (Å²) in [5.41, 5.74) is 1.36. The predicted molar refractivity (Wildman–Crippen MR) is 97.1 cm³/mol. The van der Waals surface area contributed by atoms with Crippen LogP contribution in [0.5, 0.6) is 0 Å². The van der Waals surface area contributed by atoms with Gasteiger partial charge in [-0.05, 0) is 6.42 Å². The van der Waals surface area contributed by atoms with Crippen LogP contribution in [-0.2, 0) is 16.7 Å². The first kappa shape index (κ1) is 18.2. The molecule has 1 aromatic rings. The lowest BCUT2D eigenvalue weighted by atomic mass is 9.64. The van der Waals surface area contributed by atoms with Gasteiger partial charge in [0.2, 0.25) is 0 Å². The lowest BCUT2D eigenvalue weighted by Gasteiger charge is -2.51. The maximum absolute atomic E-state index is 5.50. The molecule has 130 valence electrons. The monoisotopic (exact) mass is 338 g/mol. The zero-order valence-electron chi connectivity index (χ0n) is 15.4. The van der Waals surface area contributed by atoms with E-state index >= 15 is 0 Å². The normalized spacial score (nSPS) is 24.2. The summed E-state index contributed by atoms with van der Waals surface area (Å²) in [6, 6.07) is 0.375. The molecular weight excluding hydrogens is 308 g/mol. The molecular formula is C17H30N4OS. The molecule has 1 aromatic heterocycles. The van der Waals surface area contributed by atoms with Crippen molar-refractivity contribution in [1.29, 1.82) is 0 Å². The molecule has 1 aliphatic rings. The average molecular weight is 339 g/mol. The standard InChI is InChI=1S/C17H30N4OS/c1-16(2,3)12-10-23-14(20-12)9-19-15(18-6)21-11-8-13(22-7)17(11,4)5/h10-11,13H,8-9H2,1-7H3,(H2,18,19,21). The van der Waals surface area contributed by atoms with Gasteiger partial charge in [-0.3, -0.25) is 4.99 Å². The van der Waals surface area contributed by atoms with E-state index in [1.807, 2.05) is 0 Å². The van der Waals surface area contributed by atoms with Crippen LogP contribution >= 0.6 is 11.3 Å². The highest BCUT2D eigenvalue weighted by atomic mass is 32.1. The van der Waals surface area contributed by atoms with Gasteiger partial charge in [0.25, 0.3) is 0 Å². The van der Waals surface area contributed by atoms with Gasteiger partial charge in [0.05, 0.1) is 18.3 Å². The molecule has 2 atom stereocenters. The summed E-state index contributed by atoms with van der Waals surface area (Å²) in [6.45, 7) is 11.7. The third-order valence-corrected chi connectivity index (χ3v) is 5.57. The lowest BCUT2D eigenvalue weighted by Crippen LogP contribution is -2.63. The number of hydrogen-bond donors (Lipinski definition) is 2. The molecule has 2 N–H and O–H groups in total. The Bertz CT molecular complexity index is 559. The van der Waals surface area contributed by atoms with Crippen LogP contribution in [0.25, 0.3) is 0 Å². The minimum absolute atomic E-state index is 0.0970. The molecule has 1 aliphatic carbocycles. The molecule has 5 nitrogen and oxygen atoms in total. The van der Waals surface area contributed by atoms with Crippen molar-refractivity contribution in [2.45, 2.75) is 65.1 Å². The molecule has 0 amide bonds. The number of methoxy groups -OCH3 is 1. The molecule has 2 unspecified atom stereocenters. The van der Waals surface area contributed by atoms with Crippen LogP contribution in [0.2, 0.25) is 0 Å². The van der Waals surface area contributed by atoms with Crippen molar-refractivity contribution in [3.05, 3.63) is 16.1 Å². The molecule has 1 heterocycles. The summed E-state index contributed by atoms with van der Waals surface area (Å²) in [5.74, 6) is 0.824. The quantitative estimate of drug-likeness (QED) is 0.655. The van der Waals surface area contributed by atoms with E-state index in [0.29, 0.717) is 18.7 Å².